The van der Waals surface area contributed by atoms with Crippen molar-refractivity contribution in [3.63, 3.8) is 0 Å². The van der Waals surface area contributed by atoms with Crippen LogP contribution in [0.1, 0.15) is 25.2 Å². The third-order valence-electron chi connectivity index (χ3n) is 3.41. The van der Waals surface area contributed by atoms with Crippen molar-refractivity contribution >= 4 is 17.8 Å². The van der Waals surface area contributed by atoms with Crippen LogP contribution < -0.4 is 5.43 Å². The van der Waals surface area contributed by atoms with Gasteiger partial charge in [0.25, 0.3) is 11.8 Å². The Balaban J connectivity index is 1.88. The van der Waals surface area contributed by atoms with Crippen molar-refractivity contribution in [1.29, 1.82) is 0 Å². The molecular weight excluding hydrogens is 298 g/mol. The third-order valence-corrected chi connectivity index (χ3v) is 3.41. The first-order chi connectivity index (χ1) is 11.0. The van der Waals surface area contributed by atoms with Crippen LogP contribution in [0.5, 0.6) is 0 Å². The van der Waals surface area contributed by atoms with Crippen molar-refractivity contribution in [3.8, 4) is 11.3 Å². The van der Waals surface area contributed by atoms with Gasteiger partial charge in [0.05, 0.1) is 17.0 Å². The highest BCUT2D eigenvalue weighted by Crippen LogP contribution is 2.24. The lowest BCUT2D eigenvalue weighted by atomic mass is 10.1. The normalized spacial score (nSPS) is 14.4. The number of anilines is 1. The van der Waals surface area contributed by atoms with Crippen LogP contribution in [0.4, 0.5) is 5.95 Å². The molecule has 0 fully saturated rings. The highest BCUT2D eigenvalue weighted by Gasteiger charge is 2.29. The van der Waals surface area contributed by atoms with Crippen LogP contribution in [0.25, 0.3) is 11.3 Å². The number of hydrogen-bond acceptors (Lipinski definition) is 7. The number of rotatable bonds is 4. The van der Waals surface area contributed by atoms with E-state index in [2.05, 4.69) is 20.6 Å². The van der Waals surface area contributed by atoms with Gasteiger partial charge in [-0.1, -0.05) is 12.1 Å². The minimum absolute atomic E-state index is 0.173. The van der Waals surface area contributed by atoms with E-state index in [0.717, 1.165) is 22.0 Å². The number of hydrogen-bond donors (Lipinski definition) is 1. The van der Waals surface area contributed by atoms with Crippen LogP contribution in [-0.2, 0) is 16.0 Å². The lowest BCUT2D eigenvalue weighted by Gasteiger charge is -2.16. The fourth-order valence-electron chi connectivity index (χ4n) is 2.23. The van der Waals surface area contributed by atoms with Crippen LogP contribution in [0.15, 0.2) is 28.4 Å². The topological polar surface area (TPSA) is 101 Å². The summed E-state index contributed by atoms with van der Waals surface area (Å²) in [6.07, 6.45) is 3.48. The molecule has 0 aliphatic carbocycles. The van der Waals surface area contributed by atoms with Gasteiger partial charge in [-0.05, 0) is 20.3 Å². The lowest BCUT2D eigenvalue weighted by Crippen LogP contribution is -2.37. The molecule has 3 heterocycles. The van der Waals surface area contributed by atoms with Gasteiger partial charge in [-0.3, -0.25) is 15.0 Å². The zero-order valence-corrected chi connectivity index (χ0v) is 13.0. The summed E-state index contributed by atoms with van der Waals surface area (Å²) in [5.74, 6) is -0.0981. The van der Waals surface area contributed by atoms with E-state index in [1.807, 2.05) is 13.8 Å². The second-order valence-corrected chi connectivity index (χ2v) is 5.16. The molecule has 1 aliphatic rings. The van der Waals surface area contributed by atoms with Crippen LogP contribution in [-0.4, -0.2) is 31.9 Å². The number of amides is 2. The summed E-state index contributed by atoms with van der Waals surface area (Å²) in [4.78, 5) is 32.1. The van der Waals surface area contributed by atoms with Gasteiger partial charge >= 0.3 is 0 Å². The average Bonchev–Trinajstić information content (AvgIpc) is 3.06. The fourth-order valence-corrected chi connectivity index (χ4v) is 2.23. The molecule has 2 aromatic rings. The Morgan fingerprint density at radius 2 is 2.09 bits per heavy atom. The van der Waals surface area contributed by atoms with Crippen molar-refractivity contribution in [1.82, 2.24) is 20.1 Å². The number of aromatic nitrogens is 3. The van der Waals surface area contributed by atoms with Crippen molar-refractivity contribution < 1.29 is 14.1 Å². The molecule has 8 nitrogen and oxygen atoms in total. The van der Waals surface area contributed by atoms with E-state index in [-0.39, 0.29) is 5.95 Å². The van der Waals surface area contributed by atoms with Gasteiger partial charge in [0.2, 0.25) is 5.95 Å². The van der Waals surface area contributed by atoms with E-state index in [1.54, 1.807) is 19.2 Å². The minimum atomic E-state index is -0.441. The average molecular weight is 313 g/mol. The number of nitrogens with zero attached hydrogens (tertiary/aromatic N) is 4. The van der Waals surface area contributed by atoms with Gasteiger partial charge in [-0.25, -0.2) is 9.97 Å². The number of carbonyl (C=O) groups is 2. The molecule has 2 aromatic heterocycles. The molecule has 3 rings (SSSR count). The number of aryl methyl sites for hydroxylation is 2. The quantitative estimate of drug-likeness (QED) is 0.856. The smallest absolute Gasteiger partial charge is 0.275 e. The maximum atomic E-state index is 11.9. The van der Waals surface area contributed by atoms with Crippen LogP contribution >= 0.6 is 0 Å². The summed E-state index contributed by atoms with van der Waals surface area (Å²) in [5, 5.41) is 4.74. The molecule has 23 heavy (non-hydrogen) atoms. The molecule has 0 saturated carbocycles. The molecule has 0 unspecified atom stereocenters. The molecular formula is C15H15N5O3. The summed E-state index contributed by atoms with van der Waals surface area (Å²) in [5.41, 5.74) is 5.23. The Morgan fingerprint density at radius 3 is 2.65 bits per heavy atom. The molecule has 8 heteroatoms. The van der Waals surface area contributed by atoms with E-state index in [9.17, 15) is 9.59 Å². The molecule has 2 amide bonds. The van der Waals surface area contributed by atoms with Crippen LogP contribution in [0.3, 0.4) is 0 Å². The van der Waals surface area contributed by atoms with Crippen LogP contribution in [0.2, 0.25) is 0 Å². The highest BCUT2D eigenvalue weighted by atomic mass is 16.5. The number of imide groups is 1. The van der Waals surface area contributed by atoms with Crippen molar-refractivity contribution in [2.24, 2.45) is 0 Å². The summed E-state index contributed by atoms with van der Waals surface area (Å²) in [6, 6.07) is 1.80. The predicted octanol–water partition coefficient (Wildman–Crippen LogP) is 1.64. The van der Waals surface area contributed by atoms with Gasteiger partial charge in [0, 0.05) is 23.9 Å². The molecule has 0 saturated heterocycles. The van der Waals surface area contributed by atoms with E-state index < -0.39 is 11.8 Å². The SMILES string of the molecule is CCc1nc(NN2C(=O)C=C(C)C2=O)ncc1-c1cc(C)no1. The van der Waals surface area contributed by atoms with Gasteiger partial charge in [0.1, 0.15) is 0 Å². The molecule has 118 valence electrons. The second-order valence-electron chi connectivity index (χ2n) is 5.16. The van der Waals surface area contributed by atoms with Crippen molar-refractivity contribution in [3.05, 3.63) is 35.3 Å². The fraction of sp³-hybridized carbons (Fsp3) is 0.267. The zero-order valence-electron chi connectivity index (χ0n) is 13.0. The molecule has 0 atom stereocenters. The molecule has 0 spiro atoms. The van der Waals surface area contributed by atoms with Gasteiger partial charge < -0.3 is 4.52 Å². The standard InChI is InChI=1S/C15H15N5O3/c1-4-11-10(12-6-9(3)19-23-12)7-16-15(17-11)18-20-13(21)5-8(2)14(20)22/h5-7H,4H2,1-3H3,(H,16,17,18). The lowest BCUT2D eigenvalue weighted by molar-refractivity contribution is -0.135. The predicted molar refractivity (Wildman–Crippen MR) is 80.9 cm³/mol. The van der Waals surface area contributed by atoms with E-state index in [0.29, 0.717) is 17.8 Å². The summed E-state index contributed by atoms with van der Waals surface area (Å²) < 4.78 is 5.24. The van der Waals surface area contributed by atoms with Crippen molar-refractivity contribution in [2.45, 2.75) is 27.2 Å². The van der Waals surface area contributed by atoms with Crippen LogP contribution in [0, 0.1) is 6.92 Å². The summed E-state index contributed by atoms with van der Waals surface area (Å²) in [7, 11) is 0. The summed E-state index contributed by atoms with van der Waals surface area (Å²) >= 11 is 0. The molecule has 0 aromatic carbocycles. The first-order valence-corrected chi connectivity index (χ1v) is 7.12. The van der Waals surface area contributed by atoms with Gasteiger partial charge in [0.15, 0.2) is 5.76 Å². The number of carbonyl (C=O) groups excluding carboxylic acids is 2. The van der Waals surface area contributed by atoms with E-state index >= 15 is 0 Å². The Labute approximate surface area is 132 Å². The van der Waals surface area contributed by atoms with E-state index in [4.69, 9.17) is 4.52 Å². The molecule has 1 aliphatic heterocycles. The zero-order chi connectivity index (χ0) is 16.6. The van der Waals surface area contributed by atoms with Gasteiger partial charge in [-0.15, -0.1) is 0 Å². The van der Waals surface area contributed by atoms with E-state index in [1.165, 1.54) is 6.08 Å². The Morgan fingerprint density at radius 1 is 1.30 bits per heavy atom. The number of hydrazine groups is 1. The molecule has 1 N–H and O–H groups in total. The highest BCUT2D eigenvalue weighted by molar-refractivity contribution is 6.16. The minimum Gasteiger partial charge on any atom is -0.356 e. The number of nitrogens with one attached hydrogen (secondary N) is 1. The maximum absolute atomic E-state index is 11.9. The third kappa shape index (κ3) is 2.70. The molecule has 0 bridgehead atoms. The molecule has 0 radical (unpaired) electrons. The Kier molecular flexibility index (Phi) is 3.65. The van der Waals surface area contributed by atoms with Gasteiger partial charge in [-0.2, -0.15) is 5.01 Å². The maximum Gasteiger partial charge on any atom is 0.275 e. The Bertz CT molecular complexity index is 824. The second kappa shape index (κ2) is 5.64. The van der Waals surface area contributed by atoms with Crippen molar-refractivity contribution in [2.75, 3.05) is 5.43 Å². The monoisotopic (exact) mass is 313 g/mol. The summed E-state index contributed by atoms with van der Waals surface area (Å²) in [6.45, 7) is 5.35. The first kappa shape index (κ1) is 14.9. The largest absolute Gasteiger partial charge is 0.356 e. The first-order valence-electron chi connectivity index (χ1n) is 7.12. The Hall–Kier alpha value is -3.03.